The van der Waals surface area contributed by atoms with Gasteiger partial charge in [-0.25, -0.2) is 18.0 Å². The summed E-state index contributed by atoms with van der Waals surface area (Å²) in [7, 11) is -1.43. The molecule has 0 radical (unpaired) electrons. The molecule has 2 aliphatic heterocycles. The van der Waals surface area contributed by atoms with Crippen molar-refractivity contribution in [1.82, 2.24) is 0 Å². The average molecular weight is 256 g/mol. The first-order valence-electron chi connectivity index (χ1n) is 4.54. The van der Waals surface area contributed by atoms with Crippen LogP contribution in [0.3, 0.4) is 0 Å². The summed E-state index contributed by atoms with van der Waals surface area (Å²) in [6.07, 6.45) is 0. The van der Waals surface area contributed by atoms with Crippen molar-refractivity contribution in [3.8, 4) is 0 Å². The van der Waals surface area contributed by atoms with Gasteiger partial charge in [0.15, 0.2) is 0 Å². The second kappa shape index (κ2) is 3.56. The van der Waals surface area contributed by atoms with Crippen LogP contribution in [0.15, 0.2) is 21.9 Å². The Hall–Kier alpha value is -1.89. The van der Waals surface area contributed by atoms with Crippen LogP contribution in [-0.4, -0.2) is 34.6 Å². The number of carbonyl (C=O) groups excluding carboxylic acids is 2. The molecule has 2 heterocycles. The topological polar surface area (TPSA) is 86.7 Å². The van der Waals surface area contributed by atoms with E-state index in [1.165, 1.54) is 12.1 Å². The predicted octanol–water partition coefficient (Wildman–Crippen LogP) is 0.406. The van der Waals surface area contributed by atoms with E-state index in [0.29, 0.717) is 0 Å². The van der Waals surface area contributed by atoms with Gasteiger partial charge in [0.2, 0.25) is 9.84 Å². The highest BCUT2D eigenvalue weighted by Gasteiger charge is 2.44. The van der Waals surface area contributed by atoms with Crippen LogP contribution in [-0.2, 0) is 19.3 Å². The number of sulfone groups is 1. The van der Waals surface area contributed by atoms with Crippen molar-refractivity contribution >= 4 is 21.8 Å². The van der Waals surface area contributed by atoms with Crippen LogP contribution in [0.25, 0.3) is 0 Å². The minimum atomic E-state index is -3.70. The molecule has 0 N–H and O–H groups in total. The summed E-state index contributed by atoms with van der Waals surface area (Å²) in [6.45, 7) is 0. The van der Waals surface area contributed by atoms with Crippen molar-refractivity contribution in [2.45, 2.75) is 9.79 Å². The molecule has 1 aromatic carbocycles. The van der Waals surface area contributed by atoms with E-state index in [4.69, 9.17) is 0 Å². The first-order chi connectivity index (χ1) is 7.95. The van der Waals surface area contributed by atoms with Gasteiger partial charge in [-0.15, -0.1) is 0 Å². The van der Waals surface area contributed by atoms with Crippen LogP contribution in [0, 0.1) is 0 Å². The molecule has 3 rings (SSSR count). The molecular weight excluding hydrogens is 248 g/mol. The van der Waals surface area contributed by atoms with Crippen LogP contribution in [0.2, 0.25) is 0 Å². The fraction of sp³-hybridized carbons (Fsp3) is 0.200. The van der Waals surface area contributed by atoms with Crippen molar-refractivity contribution in [2.75, 3.05) is 14.2 Å². The number of fused-ring (bicyclic) bond motifs is 2. The number of rotatable bonds is 2. The quantitative estimate of drug-likeness (QED) is 0.723. The van der Waals surface area contributed by atoms with E-state index in [9.17, 15) is 18.0 Å². The SMILES string of the molecule is COC(=O)c1ccc2c(C(=O)OC)c1S2(=O)=O. The molecule has 0 saturated heterocycles. The second-order valence-corrected chi connectivity index (χ2v) is 5.16. The van der Waals surface area contributed by atoms with Gasteiger partial charge in [0.05, 0.1) is 30.2 Å². The second-order valence-electron chi connectivity index (χ2n) is 3.30. The Labute approximate surface area is 97.1 Å². The van der Waals surface area contributed by atoms with E-state index >= 15 is 0 Å². The monoisotopic (exact) mass is 256 g/mol. The minimum Gasteiger partial charge on any atom is -0.465 e. The Kier molecular flexibility index (Phi) is 2.43. The molecule has 17 heavy (non-hydrogen) atoms. The summed E-state index contributed by atoms with van der Waals surface area (Å²) in [5, 5.41) is 0. The number of benzene rings is 1. The Morgan fingerprint density at radius 3 is 2.12 bits per heavy atom. The van der Waals surface area contributed by atoms with Crippen molar-refractivity contribution in [3.05, 3.63) is 23.3 Å². The zero-order valence-electron chi connectivity index (χ0n) is 9.01. The highest BCUT2D eigenvalue weighted by atomic mass is 32.2. The molecule has 0 spiro atoms. The number of ether oxygens (including phenoxy) is 2. The Balaban J connectivity index is 2.71. The van der Waals surface area contributed by atoms with Crippen LogP contribution in [0.1, 0.15) is 20.7 Å². The number of hydrogen-bond acceptors (Lipinski definition) is 6. The summed E-state index contributed by atoms with van der Waals surface area (Å²) < 4.78 is 32.3. The first kappa shape index (κ1) is 11.6. The lowest BCUT2D eigenvalue weighted by Crippen LogP contribution is -2.28. The zero-order chi connectivity index (χ0) is 12.8. The molecule has 0 fully saturated rings. The van der Waals surface area contributed by atoms with E-state index in [1.807, 2.05) is 0 Å². The first-order valence-corrected chi connectivity index (χ1v) is 6.02. The summed E-state index contributed by atoms with van der Waals surface area (Å²) >= 11 is 0. The third-order valence-corrected chi connectivity index (χ3v) is 4.35. The van der Waals surface area contributed by atoms with Crippen LogP contribution in [0.4, 0.5) is 0 Å². The summed E-state index contributed by atoms with van der Waals surface area (Å²) in [5.41, 5.74) is -0.238. The molecule has 0 atom stereocenters. The van der Waals surface area contributed by atoms with Crippen molar-refractivity contribution in [3.63, 3.8) is 0 Å². The summed E-state index contributed by atoms with van der Waals surface area (Å²) in [4.78, 5) is 22.3. The molecule has 2 bridgehead atoms. The molecule has 0 aromatic heterocycles. The summed E-state index contributed by atoms with van der Waals surface area (Å²) in [6, 6.07) is 2.50. The lowest BCUT2D eigenvalue weighted by Gasteiger charge is -2.23. The fourth-order valence-corrected chi connectivity index (χ4v) is 3.37. The van der Waals surface area contributed by atoms with Gasteiger partial charge in [0, 0.05) is 0 Å². The standard InChI is InChI=1S/C10H8O6S/c1-15-9(11)5-3-4-6-7(10(12)16-2)8(5)17(6,13)14/h3-4H,1-2H3. The maximum absolute atomic E-state index is 11.7. The number of carbonyl (C=O) groups is 2. The van der Waals surface area contributed by atoms with Crippen molar-refractivity contribution in [1.29, 1.82) is 0 Å². The van der Waals surface area contributed by atoms with Crippen molar-refractivity contribution in [2.24, 2.45) is 0 Å². The van der Waals surface area contributed by atoms with E-state index in [-0.39, 0.29) is 20.9 Å². The minimum absolute atomic E-state index is 0.0876. The molecule has 0 unspecified atom stereocenters. The number of hydrogen-bond donors (Lipinski definition) is 0. The van der Waals surface area contributed by atoms with E-state index in [0.717, 1.165) is 14.2 Å². The van der Waals surface area contributed by atoms with Crippen LogP contribution in [0.5, 0.6) is 0 Å². The van der Waals surface area contributed by atoms with Gasteiger partial charge in [-0.2, -0.15) is 0 Å². The number of methoxy groups -OCH3 is 2. The smallest absolute Gasteiger partial charge is 0.340 e. The molecule has 2 aliphatic rings. The van der Waals surface area contributed by atoms with E-state index < -0.39 is 21.8 Å². The molecule has 0 amide bonds. The van der Waals surface area contributed by atoms with Crippen molar-refractivity contribution < 1.29 is 27.5 Å². The van der Waals surface area contributed by atoms with Gasteiger partial charge < -0.3 is 9.47 Å². The lowest BCUT2D eigenvalue weighted by molar-refractivity contribution is 0.0583. The maximum Gasteiger partial charge on any atom is 0.340 e. The molecule has 7 heteroatoms. The number of esters is 2. The molecule has 1 aromatic rings. The Morgan fingerprint density at radius 1 is 1.06 bits per heavy atom. The van der Waals surface area contributed by atoms with E-state index in [1.54, 1.807) is 0 Å². The summed E-state index contributed by atoms with van der Waals surface area (Å²) in [5.74, 6) is -1.59. The third-order valence-electron chi connectivity index (χ3n) is 2.47. The Bertz CT molecular complexity index is 608. The van der Waals surface area contributed by atoms with Gasteiger partial charge >= 0.3 is 11.9 Å². The molecule has 6 nitrogen and oxygen atoms in total. The highest BCUT2D eigenvalue weighted by molar-refractivity contribution is 7.93. The normalized spacial score (nSPS) is 14.7. The lowest BCUT2D eigenvalue weighted by atomic mass is 10.1. The van der Waals surface area contributed by atoms with Gasteiger partial charge in [-0.3, -0.25) is 0 Å². The van der Waals surface area contributed by atoms with Gasteiger partial charge in [-0.05, 0) is 12.1 Å². The molecule has 90 valence electrons. The third kappa shape index (κ3) is 1.35. The predicted molar refractivity (Wildman–Crippen MR) is 54.6 cm³/mol. The van der Waals surface area contributed by atoms with E-state index in [2.05, 4.69) is 9.47 Å². The molecular formula is C10H8O6S. The van der Waals surface area contributed by atoms with Gasteiger partial charge in [0.25, 0.3) is 0 Å². The Morgan fingerprint density at radius 2 is 1.65 bits per heavy atom. The maximum atomic E-state index is 11.7. The zero-order valence-corrected chi connectivity index (χ0v) is 9.83. The van der Waals surface area contributed by atoms with Crippen LogP contribution < -0.4 is 0 Å². The highest BCUT2D eigenvalue weighted by Crippen LogP contribution is 2.41. The van der Waals surface area contributed by atoms with Gasteiger partial charge in [-0.1, -0.05) is 0 Å². The molecule has 0 saturated carbocycles. The van der Waals surface area contributed by atoms with Gasteiger partial charge in [0.1, 0.15) is 4.90 Å². The fourth-order valence-electron chi connectivity index (χ4n) is 1.70. The average Bonchev–Trinajstić information content (AvgIpc) is 2.35. The van der Waals surface area contributed by atoms with Crippen LogP contribution >= 0.6 is 0 Å². The largest absolute Gasteiger partial charge is 0.465 e. The molecule has 0 aliphatic carbocycles.